The smallest absolute Gasteiger partial charge is 0.462 e. The minimum atomic E-state index is -5.24. The minimum absolute atomic E-state index is 0.118. The molecule has 20 heavy (non-hydrogen) atoms. The van der Waals surface area contributed by atoms with Crippen LogP contribution >= 0.6 is 0 Å². The van der Waals surface area contributed by atoms with Crippen molar-refractivity contribution in [3.63, 3.8) is 0 Å². The van der Waals surface area contributed by atoms with Crippen LogP contribution in [0, 0.1) is 10.1 Å². The summed E-state index contributed by atoms with van der Waals surface area (Å²) in [6, 6.07) is 0.359. The highest BCUT2D eigenvalue weighted by molar-refractivity contribution is 5.89. The highest BCUT2D eigenvalue weighted by atomic mass is 19.4. The van der Waals surface area contributed by atoms with E-state index in [1.807, 2.05) is 0 Å². The molecule has 1 N–H and O–H groups in total. The molecule has 1 rings (SSSR count). The molecule has 0 amide bonds. The maximum absolute atomic E-state index is 12.0. The van der Waals surface area contributed by atoms with Crippen molar-refractivity contribution >= 4 is 11.7 Å². The van der Waals surface area contributed by atoms with Crippen molar-refractivity contribution in [1.82, 2.24) is 4.98 Å². The van der Waals surface area contributed by atoms with Crippen LogP contribution in [-0.4, -0.2) is 28.8 Å². The van der Waals surface area contributed by atoms with Crippen LogP contribution in [-0.2, 0) is 4.74 Å². The third-order valence-corrected chi connectivity index (χ3v) is 1.90. The largest absolute Gasteiger partial charge is 0.574 e. The molecule has 1 aromatic heterocycles. The summed E-state index contributed by atoms with van der Waals surface area (Å²) in [5.41, 5.74) is -3.31. The number of ether oxygens (including phenoxy) is 2. The number of carbonyl (C=O) groups is 1. The number of hydrogen-bond acceptors (Lipinski definition) is 6. The molecule has 1 aromatic rings. The molecule has 1 heterocycles. The van der Waals surface area contributed by atoms with E-state index in [-0.39, 0.29) is 6.61 Å². The lowest BCUT2D eigenvalue weighted by Crippen LogP contribution is -2.24. The van der Waals surface area contributed by atoms with E-state index in [1.54, 1.807) is 0 Å². The van der Waals surface area contributed by atoms with E-state index in [1.165, 1.54) is 11.9 Å². The molecule has 0 radical (unpaired) electrons. The molecule has 0 aliphatic heterocycles. The van der Waals surface area contributed by atoms with E-state index in [2.05, 4.69) is 9.47 Å². The van der Waals surface area contributed by atoms with E-state index in [0.29, 0.717) is 6.07 Å². The molecule has 11 heteroatoms. The van der Waals surface area contributed by atoms with Gasteiger partial charge < -0.3 is 9.47 Å². The Morgan fingerprint density at radius 3 is 2.55 bits per heavy atom. The van der Waals surface area contributed by atoms with E-state index in [0.717, 1.165) is 0 Å². The molecule has 0 saturated heterocycles. The standard InChI is InChI=1S/C9H7F3N2O6/c1-2-19-8(16)4-3-5(14(17)18)7(13-6(4)15)20-9(10,11)12/h3H,2H2,1H3,(H,13,15). The first-order chi connectivity index (χ1) is 9.15. The third-order valence-electron chi connectivity index (χ3n) is 1.90. The van der Waals surface area contributed by atoms with Gasteiger partial charge in [0.15, 0.2) is 0 Å². The average molecular weight is 296 g/mol. The molecule has 0 atom stereocenters. The zero-order valence-corrected chi connectivity index (χ0v) is 9.82. The second-order valence-corrected chi connectivity index (χ2v) is 3.25. The van der Waals surface area contributed by atoms with Crippen LogP contribution in [0.5, 0.6) is 5.88 Å². The number of nitrogens with zero attached hydrogens (tertiary/aromatic N) is 1. The number of pyridine rings is 1. The fraction of sp³-hybridized carbons (Fsp3) is 0.333. The summed E-state index contributed by atoms with van der Waals surface area (Å²) in [5, 5.41) is 10.6. The quantitative estimate of drug-likeness (QED) is 0.510. The van der Waals surface area contributed by atoms with E-state index in [4.69, 9.17) is 0 Å². The van der Waals surface area contributed by atoms with Gasteiger partial charge in [0.1, 0.15) is 5.56 Å². The summed E-state index contributed by atoms with van der Waals surface area (Å²) in [5.74, 6) is -2.61. The minimum Gasteiger partial charge on any atom is -0.462 e. The zero-order valence-electron chi connectivity index (χ0n) is 9.82. The first-order valence-corrected chi connectivity index (χ1v) is 5.00. The number of aromatic amines is 1. The Hall–Kier alpha value is -2.59. The second kappa shape index (κ2) is 5.59. The number of esters is 1. The number of hydrogen-bond donors (Lipinski definition) is 1. The monoisotopic (exact) mass is 296 g/mol. The molecule has 110 valence electrons. The van der Waals surface area contributed by atoms with E-state index >= 15 is 0 Å². The first kappa shape index (κ1) is 15.5. The Morgan fingerprint density at radius 2 is 2.10 bits per heavy atom. The highest BCUT2D eigenvalue weighted by Crippen LogP contribution is 2.29. The van der Waals surface area contributed by atoms with Gasteiger partial charge in [-0.2, -0.15) is 0 Å². The summed E-state index contributed by atoms with van der Waals surface area (Å²) in [6.45, 7) is 1.30. The molecular weight excluding hydrogens is 289 g/mol. The lowest BCUT2D eigenvalue weighted by atomic mass is 10.2. The number of aromatic nitrogens is 1. The Kier molecular flexibility index (Phi) is 4.32. The molecular formula is C9H7F3N2O6. The zero-order chi connectivity index (χ0) is 15.5. The number of rotatable bonds is 4. The Morgan fingerprint density at radius 1 is 1.50 bits per heavy atom. The van der Waals surface area contributed by atoms with Crippen LogP contribution in [0.3, 0.4) is 0 Å². The first-order valence-electron chi connectivity index (χ1n) is 5.00. The molecule has 8 nitrogen and oxygen atoms in total. The lowest BCUT2D eigenvalue weighted by Gasteiger charge is -2.09. The number of nitro groups is 1. The van der Waals surface area contributed by atoms with Crippen molar-refractivity contribution < 1.29 is 32.4 Å². The molecule has 0 spiro atoms. The van der Waals surface area contributed by atoms with Gasteiger partial charge in [-0.15, -0.1) is 13.2 Å². The van der Waals surface area contributed by atoms with Crippen LogP contribution in [0.15, 0.2) is 10.9 Å². The SMILES string of the molecule is CCOC(=O)c1cc([N+](=O)[O-])c(OC(F)(F)F)[nH]c1=O. The van der Waals surface area contributed by atoms with Crippen LogP contribution < -0.4 is 10.3 Å². The second-order valence-electron chi connectivity index (χ2n) is 3.25. The van der Waals surface area contributed by atoms with Crippen LogP contribution in [0.25, 0.3) is 0 Å². The average Bonchev–Trinajstić information content (AvgIpc) is 2.26. The number of H-pyrrole nitrogens is 1. The number of halogens is 3. The molecule has 0 saturated carbocycles. The Bertz CT molecular complexity index is 594. The molecule has 0 bridgehead atoms. The van der Waals surface area contributed by atoms with Crippen LogP contribution in [0.2, 0.25) is 0 Å². The maximum Gasteiger partial charge on any atom is 0.574 e. The fourth-order valence-electron chi connectivity index (χ4n) is 1.19. The number of carbonyl (C=O) groups excluding carboxylic acids is 1. The van der Waals surface area contributed by atoms with Crippen molar-refractivity contribution in [2.45, 2.75) is 13.3 Å². The Labute approximate surface area is 108 Å². The summed E-state index contributed by atoms with van der Waals surface area (Å²) < 4.78 is 43.9. The summed E-state index contributed by atoms with van der Waals surface area (Å²) >= 11 is 0. The maximum atomic E-state index is 12.0. The van der Waals surface area contributed by atoms with Crippen molar-refractivity contribution in [2.75, 3.05) is 6.61 Å². The van der Waals surface area contributed by atoms with Crippen molar-refractivity contribution in [3.05, 3.63) is 32.1 Å². The predicted molar refractivity (Wildman–Crippen MR) is 56.4 cm³/mol. The van der Waals surface area contributed by atoms with Gasteiger partial charge >= 0.3 is 18.0 Å². The highest BCUT2D eigenvalue weighted by Gasteiger charge is 2.36. The van der Waals surface area contributed by atoms with Gasteiger partial charge in [0.25, 0.3) is 11.4 Å². The van der Waals surface area contributed by atoms with Crippen molar-refractivity contribution in [3.8, 4) is 5.88 Å². The predicted octanol–water partition coefficient (Wildman–Crippen LogP) is 1.36. The Balaban J connectivity index is 3.36. The van der Waals surface area contributed by atoms with Gasteiger partial charge in [0.05, 0.1) is 11.5 Å². The molecule has 0 aromatic carbocycles. The summed E-state index contributed by atoms with van der Waals surface area (Å²) in [4.78, 5) is 33.6. The number of nitrogens with one attached hydrogen (secondary N) is 1. The van der Waals surface area contributed by atoms with Crippen molar-refractivity contribution in [1.29, 1.82) is 0 Å². The molecule has 0 aliphatic carbocycles. The third kappa shape index (κ3) is 3.70. The van der Waals surface area contributed by atoms with Gasteiger partial charge in [-0.3, -0.25) is 19.9 Å². The van der Waals surface area contributed by atoms with Gasteiger partial charge in [0, 0.05) is 6.07 Å². The summed E-state index contributed by atoms with van der Waals surface area (Å²) in [7, 11) is 0. The van der Waals surface area contributed by atoms with Gasteiger partial charge in [-0.1, -0.05) is 0 Å². The van der Waals surface area contributed by atoms with Gasteiger partial charge in [-0.05, 0) is 6.92 Å². The molecule has 0 aliphatic rings. The topological polar surface area (TPSA) is 112 Å². The molecule has 0 fully saturated rings. The van der Waals surface area contributed by atoms with Crippen LogP contribution in [0.1, 0.15) is 17.3 Å². The van der Waals surface area contributed by atoms with Crippen LogP contribution in [0.4, 0.5) is 18.9 Å². The van der Waals surface area contributed by atoms with E-state index < -0.39 is 39.9 Å². The van der Waals surface area contributed by atoms with Gasteiger partial charge in [-0.25, -0.2) is 4.79 Å². The molecule has 0 unspecified atom stereocenters. The lowest BCUT2D eigenvalue weighted by molar-refractivity contribution is -0.389. The van der Waals surface area contributed by atoms with Gasteiger partial charge in [0.2, 0.25) is 0 Å². The number of alkyl halides is 3. The summed E-state index contributed by atoms with van der Waals surface area (Å²) in [6.07, 6.45) is -5.24. The van der Waals surface area contributed by atoms with Crippen molar-refractivity contribution in [2.24, 2.45) is 0 Å². The normalized spacial score (nSPS) is 11.0. The van der Waals surface area contributed by atoms with E-state index in [9.17, 15) is 32.9 Å². The fourth-order valence-corrected chi connectivity index (χ4v) is 1.19.